The van der Waals surface area contributed by atoms with Crippen molar-refractivity contribution in [2.75, 3.05) is 0 Å². The van der Waals surface area contributed by atoms with Crippen LogP contribution >= 0.6 is 15.9 Å². The van der Waals surface area contributed by atoms with Gasteiger partial charge in [-0.25, -0.2) is 0 Å². The van der Waals surface area contributed by atoms with Crippen LogP contribution in [0.2, 0.25) is 0 Å². The van der Waals surface area contributed by atoms with Crippen molar-refractivity contribution in [3.63, 3.8) is 0 Å². The molecule has 0 N–H and O–H groups in total. The smallest absolute Gasteiger partial charge is 0.0941 e. The SMILES string of the molecule is Brc1cnnc2ccccc12. The van der Waals surface area contributed by atoms with E-state index in [2.05, 4.69) is 26.1 Å². The molecule has 2 aromatic rings. The Morgan fingerprint density at radius 1 is 1.18 bits per heavy atom. The predicted octanol–water partition coefficient (Wildman–Crippen LogP) is 2.39. The van der Waals surface area contributed by atoms with Crippen molar-refractivity contribution in [2.45, 2.75) is 0 Å². The van der Waals surface area contributed by atoms with E-state index in [0.29, 0.717) is 0 Å². The Balaban J connectivity index is 2.91. The average Bonchev–Trinajstić information content (AvgIpc) is 2.06. The second-order valence-corrected chi connectivity index (χ2v) is 3.06. The van der Waals surface area contributed by atoms with Crippen LogP contribution in [0.3, 0.4) is 0 Å². The lowest BCUT2D eigenvalue weighted by molar-refractivity contribution is 1.07. The summed E-state index contributed by atoms with van der Waals surface area (Å²) < 4.78 is 0.989. The minimum absolute atomic E-state index is 0.918. The monoisotopic (exact) mass is 208 g/mol. The van der Waals surface area contributed by atoms with E-state index in [1.165, 1.54) is 0 Å². The predicted molar refractivity (Wildman–Crippen MR) is 47.2 cm³/mol. The molecule has 0 aliphatic heterocycles. The van der Waals surface area contributed by atoms with Gasteiger partial charge in [-0.15, -0.1) is 0 Å². The quantitative estimate of drug-likeness (QED) is 0.665. The number of hydrogen-bond donors (Lipinski definition) is 0. The van der Waals surface area contributed by atoms with Crippen LogP contribution in [0, 0.1) is 0 Å². The van der Waals surface area contributed by atoms with Crippen molar-refractivity contribution in [3.8, 4) is 0 Å². The Hall–Kier alpha value is -0.960. The summed E-state index contributed by atoms with van der Waals surface area (Å²) >= 11 is 3.39. The van der Waals surface area contributed by atoms with Crippen LogP contribution in [-0.2, 0) is 0 Å². The number of benzene rings is 1. The van der Waals surface area contributed by atoms with Gasteiger partial charge in [0.1, 0.15) is 0 Å². The topological polar surface area (TPSA) is 25.8 Å². The maximum Gasteiger partial charge on any atom is 0.0941 e. The second kappa shape index (κ2) is 2.58. The fraction of sp³-hybridized carbons (Fsp3) is 0. The lowest BCUT2D eigenvalue weighted by Crippen LogP contribution is -1.82. The van der Waals surface area contributed by atoms with Gasteiger partial charge in [-0.3, -0.25) is 0 Å². The van der Waals surface area contributed by atoms with Crippen molar-refractivity contribution in [2.24, 2.45) is 0 Å². The molecule has 1 aromatic heterocycles. The molecule has 0 spiro atoms. The molecule has 2 rings (SSSR count). The van der Waals surface area contributed by atoms with Crippen LogP contribution in [0.15, 0.2) is 34.9 Å². The Morgan fingerprint density at radius 3 is 2.82 bits per heavy atom. The summed E-state index contributed by atoms with van der Waals surface area (Å²) in [5.41, 5.74) is 0.918. The highest BCUT2D eigenvalue weighted by molar-refractivity contribution is 9.10. The van der Waals surface area contributed by atoms with E-state index in [1.54, 1.807) is 6.20 Å². The van der Waals surface area contributed by atoms with Gasteiger partial charge in [-0.1, -0.05) is 18.2 Å². The van der Waals surface area contributed by atoms with E-state index >= 15 is 0 Å². The number of halogens is 1. The molecule has 1 aromatic carbocycles. The summed E-state index contributed by atoms with van der Waals surface area (Å²) in [6.45, 7) is 0. The van der Waals surface area contributed by atoms with Gasteiger partial charge >= 0.3 is 0 Å². The van der Waals surface area contributed by atoms with Crippen molar-refractivity contribution in [1.82, 2.24) is 10.2 Å². The van der Waals surface area contributed by atoms with E-state index < -0.39 is 0 Å². The molecular weight excluding hydrogens is 204 g/mol. The lowest BCUT2D eigenvalue weighted by Gasteiger charge is -1.95. The molecule has 0 saturated carbocycles. The minimum atomic E-state index is 0.918. The second-order valence-electron chi connectivity index (χ2n) is 2.21. The Morgan fingerprint density at radius 2 is 2.00 bits per heavy atom. The zero-order chi connectivity index (χ0) is 7.68. The molecule has 0 radical (unpaired) electrons. The third-order valence-corrected chi connectivity index (χ3v) is 2.13. The van der Waals surface area contributed by atoms with E-state index in [4.69, 9.17) is 0 Å². The van der Waals surface area contributed by atoms with Gasteiger partial charge < -0.3 is 0 Å². The van der Waals surface area contributed by atoms with Crippen molar-refractivity contribution >= 4 is 26.8 Å². The van der Waals surface area contributed by atoms with E-state index in [0.717, 1.165) is 15.4 Å². The Kier molecular flexibility index (Phi) is 1.58. The van der Waals surface area contributed by atoms with Gasteiger partial charge in [0.05, 0.1) is 11.7 Å². The lowest BCUT2D eigenvalue weighted by atomic mass is 10.2. The molecule has 0 saturated heterocycles. The van der Waals surface area contributed by atoms with Crippen LogP contribution in [0.25, 0.3) is 10.9 Å². The first kappa shape index (κ1) is 6.73. The number of nitrogens with zero attached hydrogens (tertiary/aromatic N) is 2. The van der Waals surface area contributed by atoms with Crippen molar-refractivity contribution < 1.29 is 0 Å². The van der Waals surface area contributed by atoms with Gasteiger partial charge in [0, 0.05) is 9.86 Å². The molecule has 0 atom stereocenters. The normalized spacial score (nSPS) is 10.3. The van der Waals surface area contributed by atoms with E-state index in [1.807, 2.05) is 24.3 Å². The fourth-order valence-electron chi connectivity index (χ4n) is 0.974. The highest BCUT2D eigenvalue weighted by Crippen LogP contribution is 2.19. The standard InChI is InChI=1S/C8H5BrN2/c9-7-5-10-11-8-4-2-1-3-6(7)8/h1-5H. The molecule has 0 bridgehead atoms. The van der Waals surface area contributed by atoms with Crippen molar-refractivity contribution in [3.05, 3.63) is 34.9 Å². The Labute approximate surface area is 72.4 Å². The number of rotatable bonds is 0. The third-order valence-electron chi connectivity index (χ3n) is 1.50. The fourth-order valence-corrected chi connectivity index (χ4v) is 1.40. The van der Waals surface area contributed by atoms with Gasteiger partial charge in [-0.2, -0.15) is 10.2 Å². The highest BCUT2D eigenvalue weighted by Gasteiger charge is 1.96. The summed E-state index contributed by atoms with van der Waals surface area (Å²) in [5.74, 6) is 0. The summed E-state index contributed by atoms with van der Waals surface area (Å²) in [6, 6.07) is 7.87. The third kappa shape index (κ3) is 1.12. The number of fused-ring (bicyclic) bond motifs is 1. The summed E-state index contributed by atoms with van der Waals surface area (Å²) in [4.78, 5) is 0. The summed E-state index contributed by atoms with van der Waals surface area (Å²) in [5, 5.41) is 8.88. The van der Waals surface area contributed by atoms with Crippen LogP contribution in [0.4, 0.5) is 0 Å². The highest BCUT2D eigenvalue weighted by atomic mass is 79.9. The molecule has 0 fully saturated rings. The molecule has 0 aliphatic carbocycles. The molecule has 0 unspecified atom stereocenters. The number of aromatic nitrogens is 2. The molecule has 2 nitrogen and oxygen atoms in total. The zero-order valence-electron chi connectivity index (χ0n) is 5.66. The minimum Gasteiger partial charge on any atom is -0.157 e. The summed E-state index contributed by atoms with van der Waals surface area (Å²) in [6.07, 6.45) is 1.70. The molecule has 0 aliphatic rings. The van der Waals surface area contributed by atoms with Crippen LogP contribution < -0.4 is 0 Å². The van der Waals surface area contributed by atoms with E-state index in [9.17, 15) is 0 Å². The molecular formula is C8H5BrN2. The van der Waals surface area contributed by atoms with Gasteiger partial charge in [-0.05, 0) is 22.0 Å². The molecule has 11 heavy (non-hydrogen) atoms. The average molecular weight is 209 g/mol. The summed E-state index contributed by atoms with van der Waals surface area (Å²) in [7, 11) is 0. The molecule has 3 heteroatoms. The number of hydrogen-bond acceptors (Lipinski definition) is 2. The van der Waals surface area contributed by atoms with Gasteiger partial charge in [0.25, 0.3) is 0 Å². The first-order chi connectivity index (χ1) is 5.38. The Bertz CT molecular complexity index is 381. The zero-order valence-corrected chi connectivity index (χ0v) is 7.25. The molecule has 54 valence electrons. The van der Waals surface area contributed by atoms with Crippen LogP contribution in [-0.4, -0.2) is 10.2 Å². The molecule has 1 heterocycles. The largest absolute Gasteiger partial charge is 0.157 e. The first-order valence-electron chi connectivity index (χ1n) is 3.24. The van der Waals surface area contributed by atoms with Crippen molar-refractivity contribution in [1.29, 1.82) is 0 Å². The molecule has 0 amide bonds. The first-order valence-corrected chi connectivity index (χ1v) is 4.03. The maximum atomic E-state index is 3.96. The van der Waals surface area contributed by atoms with E-state index in [-0.39, 0.29) is 0 Å². The maximum absolute atomic E-state index is 3.96. The van der Waals surface area contributed by atoms with Gasteiger partial charge in [0.15, 0.2) is 0 Å². The van der Waals surface area contributed by atoms with Crippen LogP contribution in [0.5, 0.6) is 0 Å². The van der Waals surface area contributed by atoms with Crippen LogP contribution in [0.1, 0.15) is 0 Å². The van der Waals surface area contributed by atoms with Gasteiger partial charge in [0.2, 0.25) is 0 Å².